The van der Waals surface area contributed by atoms with Gasteiger partial charge in [-0.05, 0) is 12.8 Å². The van der Waals surface area contributed by atoms with Crippen LogP contribution in [-0.2, 0) is 4.79 Å². The Balaban J connectivity index is 0. The lowest BCUT2D eigenvalue weighted by molar-refractivity contribution is -0.144. The van der Waals surface area contributed by atoms with Crippen LogP contribution < -0.4 is 11.5 Å². The Morgan fingerprint density at radius 2 is 2.05 bits per heavy atom. The fourth-order valence-electron chi connectivity index (χ4n) is 1.12. The summed E-state index contributed by atoms with van der Waals surface area (Å²) in [5, 5.41) is 8.71. The number of alkyl halides is 1. The fraction of sp³-hybridized carbons (Fsp3) is 0.833. The molecule has 0 amide bonds. The van der Waals surface area contributed by atoms with Gasteiger partial charge in [-0.3, -0.25) is 9.79 Å². The van der Waals surface area contributed by atoms with Crippen molar-refractivity contribution in [2.24, 2.45) is 22.4 Å². The Bertz CT molecular complexity index is 309. The molecule has 0 aromatic heterocycles. The van der Waals surface area contributed by atoms with Crippen LogP contribution in [0.4, 0.5) is 4.39 Å². The summed E-state index contributed by atoms with van der Waals surface area (Å²) in [4.78, 5) is 15.1. The first-order chi connectivity index (χ1) is 8.24. The van der Waals surface area contributed by atoms with Crippen LogP contribution >= 0.6 is 11.8 Å². The third-order valence-electron chi connectivity index (χ3n) is 2.70. The number of aliphatic imine (C=N–C) groups is 1. The molecule has 0 spiro atoms. The SMILES string of the molecule is C.CC(N)=NCC(CF)SC[C@](N)(C(=O)O)C(C)C. The van der Waals surface area contributed by atoms with Crippen molar-refractivity contribution >= 4 is 23.6 Å². The zero-order valence-electron chi connectivity index (χ0n) is 11.0. The van der Waals surface area contributed by atoms with Gasteiger partial charge >= 0.3 is 5.97 Å². The lowest BCUT2D eigenvalue weighted by Crippen LogP contribution is -2.55. The number of thioether (sulfide) groups is 1. The Kier molecular flexibility index (Phi) is 9.86. The third-order valence-corrected chi connectivity index (χ3v) is 4.09. The molecular formula is C12H26FN3O2S. The second-order valence-electron chi connectivity index (χ2n) is 4.57. The van der Waals surface area contributed by atoms with Crippen LogP contribution in [-0.4, -0.2) is 46.7 Å². The highest BCUT2D eigenvalue weighted by Gasteiger charge is 2.38. The number of nitrogens with zero attached hydrogens (tertiary/aromatic N) is 1. The first kappa shape index (κ1) is 20.5. The molecule has 0 bridgehead atoms. The first-order valence-electron chi connectivity index (χ1n) is 5.70. The molecule has 5 N–H and O–H groups in total. The zero-order valence-corrected chi connectivity index (χ0v) is 11.8. The molecule has 0 rings (SSSR count). The van der Waals surface area contributed by atoms with Gasteiger partial charge < -0.3 is 16.6 Å². The number of amidine groups is 1. The molecular weight excluding hydrogens is 269 g/mol. The molecule has 114 valence electrons. The number of nitrogens with two attached hydrogens (primary N) is 2. The van der Waals surface area contributed by atoms with E-state index in [4.69, 9.17) is 16.6 Å². The number of hydrogen-bond acceptors (Lipinski definition) is 4. The van der Waals surface area contributed by atoms with Crippen LogP contribution in [0.25, 0.3) is 0 Å². The summed E-state index contributed by atoms with van der Waals surface area (Å²) in [6.45, 7) is 4.74. The van der Waals surface area contributed by atoms with Crippen molar-refractivity contribution in [1.29, 1.82) is 0 Å². The maximum atomic E-state index is 12.8. The molecule has 2 atom stereocenters. The van der Waals surface area contributed by atoms with Crippen molar-refractivity contribution in [3.63, 3.8) is 0 Å². The topological polar surface area (TPSA) is 102 Å². The Labute approximate surface area is 119 Å². The van der Waals surface area contributed by atoms with E-state index in [9.17, 15) is 9.18 Å². The van der Waals surface area contributed by atoms with Gasteiger partial charge in [0.15, 0.2) is 0 Å². The highest BCUT2D eigenvalue weighted by Crippen LogP contribution is 2.23. The van der Waals surface area contributed by atoms with Crippen molar-refractivity contribution in [3.05, 3.63) is 0 Å². The van der Waals surface area contributed by atoms with Crippen LogP contribution in [0.15, 0.2) is 4.99 Å². The predicted octanol–water partition coefficient (Wildman–Crippen LogP) is 1.51. The van der Waals surface area contributed by atoms with E-state index in [0.717, 1.165) is 0 Å². The minimum absolute atomic E-state index is 0. The van der Waals surface area contributed by atoms with E-state index in [-0.39, 0.29) is 25.6 Å². The van der Waals surface area contributed by atoms with E-state index >= 15 is 0 Å². The van der Waals surface area contributed by atoms with Crippen LogP contribution in [0.5, 0.6) is 0 Å². The highest BCUT2D eigenvalue weighted by atomic mass is 32.2. The number of halogens is 1. The van der Waals surface area contributed by atoms with Gasteiger partial charge in [-0.25, -0.2) is 4.39 Å². The van der Waals surface area contributed by atoms with E-state index in [0.29, 0.717) is 5.84 Å². The van der Waals surface area contributed by atoms with Crippen LogP contribution in [0.3, 0.4) is 0 Å². The molecule has 19 heavy (non-hydrogen) atoms. The minimum Gasteiger partial charge on any atom is -0.480 e. The van der Waals surface area contributed by atoms with Gasteiger partial charge in [-0.1, -0.05) is 21.3 Å². The van der Waals surface area contributed by atoms with E-state index < -0.39 is 23.4 Å². The van der Waals surface area contributed by atoms with Gasteiger partial charge in [0.2, 0.25) is 0 Å². The summed E-state index contributed by atoms with van der Waals surface area (Å²) in [6.07, 6.45) is 0. The number of carbonyl (C=O) groups is 1. The van der Waals surface area contributed by atoms with Crippen molar-refractivity contribution in [1.82, 2.24) is 0 Å². The number of carboxylic acids is 1. The zero-order chi connectivity index (χ0) is 14.3. The average Bonchev–Trinajstić information content (AvgIpc) is 2.27. The largest absolute Gasteiger partial charge is 0.480 e. The molecule has 1 unspecified atom stereocenters. The van der Waals surface area contributed by atoms with Gasteiger partial charge in [0.25, 0.3) is 0 Å². The normalized spacial score (nSPS) is 16.6. The average molecular weight is 295 g/mol. The Morgan fingerprint density at radius 3 is 2.37 bits per heavy atom. The summed E-state index contributed by atoms with van der Waals surface area (Å²) in [6, 6.07) is 0. The van der Waals surface area contributed by atoms with Crippen molar-refractivity contribution < 1.29 is 14.3 Å². The molecule has 5 nitrogen and oxygen atoms in total. The second kappa shape index (κ2) is 9.14. The Hall–Kier alpha value is -0.820. The molecule has 0 heterocycles. The molecule has 0 aliphatic heterocycles. The van der Waals surface area contributed by atoms with E-state index in [1.165, 1.54) is 11.8 Å². The van der Waals surface area contributed by atoms with Crippen LogP contribution in [0.1, 0.15) is 28.2 Å². The smallest absolute Gasteiger partial charge is 0.324 e. The third kappa shape index (κ3) is 6.77. The molecule has 0 aliphatic rings. The van der Waals surface area contributed by atoms with Crippen LogP contribution in [0, 0.1) is 5.92 Å². The summed E-state index contributed by atoms with van der Waals surface area (Å²) in [5.74, 6) is -0.771. The minimum atomic E-state index is -1.35. The summed E-state index contributed by atoms with van der Waals surface area (Å²) in [5.41, 5.74) is 9.86. The van der Waals surface area contributed by atoms with Gasteiger partial charge in [0, 0.05) is 5.75 Å². The van der Waals surface area contributed by atoms with E-state index in [1.807, 2.05) is 0 Å². The standard InChI is InChI=1S/C11H22FN3O2S.CH4/c1-7(2)11(14,10(16)17)6-18-9(4-12)5-15-8(3)13;/h7,9H,4-6,14H2,1-3H3,(H2,13,15)(H,16,17);1H4/t9?,11-;/m1./s1. The molecule has 0 radical (unpaired) electrons. The molecule has 0 aromatic rings. The van der Waals surface area contributed by atoms with E-state index in [1.54, 1.807) is 20.8 Å². The number of carboxylic acid groups (broad SMARTS) is 1. The maximum Gasteiger partial charge on any atom is 0.324 e. The van der Waals surface area contributed by atoms with Crippen molar-refractivity contribution in [2.75, 3.05) is 19.0 Å². The summed E-state index contributed by atoms with van der Waals surface area (Å²) < 4.78 is 12.8. The number of hydrogen-bond donors (Lipinski definition) is 3. The quantitative estimate of drug-likeness (QED) is 0.465. The molecule has 0 saturated carbocycles. The number of aliphatic carboxylic acids is 1. The van der Waals surface area contributed by atoms with Gasteiger partial charge in [0.05, 0.1) is 17.6 Å². The molecule has 0 aliphatic carbocycles. The summed E-state index contributed by atoms with van der Waals surface area (Å²) >= 11 is 1.18. The molecule has 7 heteroatoms. The van der Waals surface area contributed by atoms with Gasteiger partial charge in [-0.15, -0.1) is 0 Å². The lowest BCUT2D eigenvalue weighted by atomic mass is 9.90. The second-order valence-corrected chi connectivity index (χ2v) is 5.86. The first-order valence-corrected chi connectivity index (χ1v) is 6.75. The summed E-state index contributed by atoms with van der Waals surface area (Å²) in [7, 11) is 0. The fourth-order valence-corrected chi connectivity index (χ4v) is 2.36. The predicted molar refractivity (Wildman–Crippen MR) is 80.5 cm³/mol. The van der Waals surface area contributed by atoms with Crippen LogP contribution in [0.2, 0.25) is 0 Å². The van der Waals surface area contributed by atoms with Gasteiger partial charge in [0.1, 0.15) is 12.2 Å². The van der Waals surface area contributed by atoms with Crippen molar-refractivity contribution in [2.45, 2.75) is 39.0 Å². The molecule has 0 aromatic carbocycles. The maximum absolute atomic E-state index is 12.8. The van der Waals surface area contributed by atoms with Gasteiger partial charge in [-0.2, -0.15) is 11.8 Å². The highest BCUT2D eigenvalue weighted by molar-refractivity contribution is 8.00. The number of rotatable bonds is 8. The van der Waals surface area contributed by atoms with E-state index in [2.05, 4.69) is 4.99 Å². The Morgan fingerprint density at radius 1 is 1.53 bits per heavy atom. The molecule has 0 saturated heterocycles. The lowest BCUT2D eigenvalue weighted by Gasteiger charge is -2.29. The molecule has 0 fully saturated rings. The van der Waals surface area contributed by atoms with Crippen molar-refractivity contribution in [3.8, 4) is 0 Å². The monoisotopic (exact) mass is 295 g/mol.